The van der Waals surface area contributed by atoms with Crippen LogP contribution in [0, 0.1) is 5.92 Å². The van der Waals surface area contributed by atoms with E-state index in [9.17, 15) is 18.0 Å². The molecule has 1 atom stereocenters. The van der Waals surface area contributed by atoms with Crippen LogP contribution >= 0.6 is 0 Å². The Hall–Kier alpha value is -4.18. The Kier molecular flexibility index (Phi) is 7.65. The number of amides is 1. The number of nitrogens with one attached hydrogen (secondary N) is 2. The smallest absolute Gasteiger partial charge is 0.416 e. The van der Waals surface area contributed by atoms with Crippen LogP contribution in [0.15, 0.2) is 67.0 Å². The number of fused-ring (bicyclic) bond motifs is 1. The number of carbonyl (C=O) groups excluding carboxylic acids is 1. The number of carbonyl (C=O) groups is 1. The fourth-order valence-electron chi connectivity index (χ4n) is 4.54. The Balaban J connectivity index is 1.29. The lowest BCUT2D eigenvalue weighted by atomic mass is 10.1. The Bertz CT molecular complexity index is 1450. The first-order chi connectivity index (χ1) is 18.8. The summed E-state index contributed by atoms with van der Waals surface area (Å²) in [5, 5.41) is 6.91. The molecule has 2 heterocycles. The highest BCUT2D eigenvalue weighted by Gasteiger charge is 2.30. The van der Waals surface area contributed by atoms with Gasteiger partial charge in [0.15, 0.2) is 11.5 Å². The van der Waals surface area contributed by atoms with Crippen LogP contribution in [0.3, 0.4) is 0 Å². The molecule has 4 aromatic rings. The third-order valence-electron chi connectivity index (χ3n) is 6.65. The van der Waals surface area contributed by atoms with Gasteiger partial charge in [-0.25, -0.2) is 9.97 Å². The van der Waals surface area contributed by atoms with E-state index in [0.717, 1.165) is 42.6 Å². The van der Waals surface area contributed by atoms with Crippen molar-refractivity contribution in [2.45, 2.75) is 19.0 Å². The first-order valence-corrected chi connectivity index (χ1v) is 12.5. The number of hydrogen-bond acceptors (Lipinski definition) is 6. The number of benzene rings is 3. The van der Waals surface area contributed by atoms with Gasteiger partial charge in [-0.15, -0.1) is 0 Å². The van der Waals surface area contributed by atoms with Crippen LogP contribution < -0.4 is 20.1 Å². The Morgan fingerprint density at radius 2 is 1.82 bits per heavy atom. The van der Waals surface area contributed by atoms with Crippen LogP contribution in [0.1, 0.15) is 17.5 Å². The fourth-order valence-corrected chi connectivity index (χ4v) is 4.54. The maximum absolute atomic E-state index is 12.8. The third-order valence-corrected chi connectivity index (χ3v) is 6.65. The van der Waals surface area contributed by atoms with Gasteiger partial charge in [0.2, 0.25) is 5.91 Å². The maximum Gasteiger partial charge on any atom is 0.416 e. The van der Waals surface area contributed by atoms with Gasteiger partial charge in [-0.1, -0.05) is 24.3 Å². The zero-order chi connectivity index (χ0) is 27.4. The summed E-state index contributed by atoms with van der Waals surface area (Å²) < 4.78 is 49.9. The predicted molar refractivity (Wildman–Crippen MR) is 142 cm³/mol. The second-order valence-corrected chi connectivity index (χ2v) is 9.41. The molecule has 0 bridgehead atoms. The molecule has 0 aliphatic carbocycles. The second kappa shape index (κ2) is 11.3. The van der Waals surface area contributed by atoms with Gasteiger partial charge in [-0.05, 0) is 48.9 Å². The Morgan fingerprint density at radius 3 is 2.49 bits per heavy atom. The Labute approximate surface area is 223 Å². The standard InChI is InChI=1S/C29H27F3N4O3/c1-38-25-13-23-24(14-26(25)39-16-19-10-11-33-15-19)34-17-35-28(23)20-4-8-22(9-5-20)36-27(37)12-18-2-6-21(7-3-18)29(30,31)32/h2-9,13-14,17,19,33H,10-12,15-16H2,1H3,(H,36,37)/t19-/m1/s1. The third kappa shape index (κ3) is 6.28. The molecule has 3 aromatic carbocycles. The minimum absolute atomic E-state index is 0.0438. The highest BCUT2D eigenvalue weighted by atomic mass is 19.4. The molecule has 0 spiro atoms. The lowest BCUT2D eigenvalue weighted by Crippen LogP contribution is -2.15. The summed E-state index contributed by atoms with van der Waals surface area (Å²) in [6.45, 7) is 2.54. The van der Waals surface area contributed by atoms with Crippen molar-refractivity contribution in [3.05, 3.63) is 78.1 Å². The first-order valence-electron chi connectivity index (χ1n) is 12.5. The van der Waals surface area contributed by atoms with Crippen molar-refractivity contribution in [1.82, 2.24) is 15.3 Å². The summed E-state index contributed by atoms with van der Waals surface area (Å²) in [4.78, 5) is 21.3. The van der Waals surface area contributed by atoms with Crippen molar-refractivity contribution >= 4 is 22.5 Å². The molecule has 1 aromatic heterocycles. The van der Waals surface area contributed by atoms with E-state index < -0.39 is 11.7 Å². The molecule has 1 saturated heterocycles. The van der Waals surface area contributed by atoms with Crippen LogP contribution in [0.2, 0.25) is 0 Å². The van der Waals surface area contributed by atoms with Gasteiger partial charge < -0.3 is 20.1 Å². The number of halogens is 3. The zero-order valence-corrected chi connectivity index (χ0v) is 21.2. The summed E-state index contributed by atoms with van der Waals surface area (Å²) in [6, 6.07) is 15.5. The molecule has 0 saturated carbocycles. The number of ether oxygens (including phenoxy) is 2. The van der Waals surface area contributed by atoms with Gasteiger partial charge in [0.1, 0.15) is 6.33 Å². The molecule has 39 heavy (non-hydrogen) atoms. The van der Waals surface area contributed by atoms with Crippen molar-refractivity contribution in [3.63, 3.8) is 0 Å². The number of rotatable bonds is 8. The van der Waals surface area contributed by atoms with E-state index in [1.165, 1.54) is 18.5 Å². The van der Waals surface area contributed by atoms with Crippen LogP contribution in [0.5, 0.6) is 11.5 Å². The van der Waals surface area contributed by atoms with Crippen molar-refractivity contribution in [2.75, 3.05) is 32.1 Å². The van der Waals surface area contributed by atoms with E-state index in [1.807, 2.05) is 24.3 Å². The van der Waals surface area contributed by atoms with Crippen molar-refractivity contribution in [1.29, 1.82) is 0 Å². The molecule has 1 aliphatic heterocycles. The van der Waals surface area contributed by atoms with E-state index in [0.29, 0.717) is 46.5 Å². The molecule has 1 fully saturated rings. The molecule has 1 aliphatic rings. The average molecular weight is 537 g/mol. The quantitative estimate of drug-likeness (QED) is 0.310. The lowest BCUT2D eigenvalue weighted by molar-refractivity contribution is -0.137. The van der Waals surface area contributed by atoms with Gasteiger partial charge in [0.05, 0.1) is 36.9 Å². The van der Waals surface area contributed by atoms with E-state index in [1.54, 1.807) is 19.2 Å². The summed E-state index contributed by atoms with van der Waals surface area (Å²) in [7, 11) is 1.59. The molecule has 7 nitrogen and oxygen atoms in total. The molecule has 10 heteroatoms. The monoisotopic (exact) mass is 536 g/mol. The lowest BCUT2D eigenvalue weighted by Gasteiger charge is -2.15. The summed E-state index contributed by atoms with van der Waals surface area (Å²) >= 11 is 0. The molecule has 5 rings (SSSR count). The summed E-state index contributed by atoms with van der Waals surface area (Å²) in [5.41, 5.74) is 2.53. The topological polar surface area (TPSA) is 85.4 Å². The molecule has 202 valence electrons. The van der Waals surface area contributed by atoms with E-state index >= 15 is 0 Å². The first kappa shape index (κ1) is 26.4. The zero-order valence-electron chi connectivity index (χ0n) is 21.2. The number of aromatic nitrogens is 2. The number of anilines is 1. The number of nitrogens with zero attached hydrogens (tertiary/aromatic N) is 2. The van der Waals surface area contributed by atoms with Gasteiger partial charge in [0, 0.05) is 35.2 Å². The highest BCUT2D eigenvalue weighted by molar-refractivity contribution is 5.95. The molecule has 0 radical (unpaired) electrons. The normalized spacial score (nSPS) is 15.3. The second-order valence-electron chi connectivity index (χ2n) is 9.41. The van der Waals surface area contributed by atoms with E-state index in [4.69, 9.17) is 9.47 Å². The molecule has 0 unspecified atom stereocenters. The fraction of sp³-hybridized carbons (Fsp3) is 0.276. The van der Waals surface area contributed by atoms with Crippen molar-refractivity contribution in [2.24, 2.45) is 5.92 Å². The van der Waals surface area contributed by atoms with E-state index in [2.05, 4.69) is 20.6 Å². The van der Waals surface area contributed by atoms with Crippen LogP contribution in [0.4, 0.5) is 18.9 Å². The van der Waals surface area contributed by atoms with Gasteiger partial charge >= 0.3 is 6.18 Å². The molecule has 2 N–H and O–H groups in total. The van der Waals surface area contributed by atoms with Crippen LogP contribution in [0.25, 0.3) is 22.2 Å². The molecular weight excluding hydrogens is 509 g/mol. The van der Waals surface area contributed by atoms with Gasteiger partial charge in [-0.3, -0.25) is 4.79 Å². The van der Waals surface area contributed by atoms with E-state index in [-0.39, 0.29) is 12.3 Å². The van der Waals surface area contributed by atoms with Gasteiger partial charge in [0.25, 0.3) is 0 Å². The van der Waals surface area contributed by atoms with Crippen molar-refractivity contribution in [3.8, 4) is 22.8 Å². The Morgan fingerprint density at radius 1 is 1.05 bits per heavy atom. The number of alkyl halides is 3. The van der Waals surface area contributed by atoms with Gasteiger partial charge in [-0.2, -0.15) is 13.2 Å². The summed E-state index contributed by atoms with van der Waals surface area (Å²) in [6.07, 6.45) is -1.88. The minimum Gasteiger partial charge on any atom is -0.493 e. The number of hydrogen-bond donors (Lipinski definition) is 2. The predicted octanol–water partition coefficient (Wildman–Crippen LogP) is 5.49. The molecule has 1 amide bonds. The molecular formula is C29H27F3N4O3. The summed E-state index contributed by atoms with van der Waals surface area (Å²) in [5.74, 6) is 1.35. The van der Waals surface area contributed by atoms with Crippen LogP contribution in [-0.4, -0.2) is 42.7 Å². The minimum atomic E-state index is -4.41. The highest BCUT2D eigenvalue weighted by Crippen LogP contribution is 2.36. The maximum atomic E-state index is 12.8. The van der Waals surface area contributed by atoms with Crippen LogP contribution in [-0.2, 0) is 17.4 Å². The largest absolute Gasteiger partial charge is 0.493 e. The van der Waals surface area contributed by atoms with Crippen molar-refractivity contribution < 1.29 is 27.4 Å². The number of methoxy groups -OCH3 is 1. The average Bonchev–Trinajstić information content (AvgIpc) is 3.45. The SMILES string of the molecule is COc1cc2c(-c3ccc(NC(=O)Cc4ccc(C(F)(F)F)cc4)cc3)ncnc2cc1OC[C@@H]1CCNC1.